The average Bonchev–Trinajstić information content (AvgIpc) is 2.93. The molecule has 5 heteroatoms. The van der Waals surface area contributed by atoms with Crippen molar-refractivity contribution in [2.45, 2.75) is 5.54 Å². The van der Waals surface area contributed by atoms with E-state index in [1.165, 1.54) is 24.3 Å². The fraction of sp³-hybridized carbons (Fsp3) is 0.0909. The first kappa shape index (κ1) is 17.0. The van der Waals surface area contributed by atoms with Crippen molar-refractivity contribution in [2.75, 3.05) is 12.4 Å². The fourth-order valence-corrected chi connectivity index (χ4v) is 3.42. The SMILES string of the molecule is COc1ccc(C2(Nc3ccc(F)cc3)C(=O)c3ccccc3C2=O)cc1. The molecule has 0 atom stereocenters. The van der Waals surface area contributed by atoms with Gasteiger partial charge in [0.1, 0.15) is 11.6 Å². The van der Waals surface area contributed by atoms with Crippen molar-refractivity contribution < 1.29 is 18.7 Å². The van der Waals surface area contributed by atoms with E-state index >= 15 is 0 Å². The lowest BCUT2D eigenvalue weighted by Crippen LogP contribution is -2.46. The second-order valence-corrected chi connectivity index (χ2v) is 6.31. The van der Waals surface area contributed by atoms with Gasteiger partial charge in [-0.05, 0) is 42.0 Å². The molecule has 0 spiro atoms. The quantitative estimate of drug-likeness (QED) is 0.707. The van der Waals surface area contributed by atoms with E-state index < -0.39 is 11.4 Å². The molecule has 0 bridgehead atoms. The minimum Gasteiger partial charge on any atom is -0.497 e. The van der Waals surface area contributed by atoms with Gasteiger partial charge < -0.3 is 10.1 Å². The van der Waals surface area contributed by atoms with Crippen molar-refractivity contribution in [1.82, 2.24) is 0 Å². The second-order valence-electron chi connectivity index (χ2n) is 6.31. The molecule has 0 aromatic heterocycles. The summed E-state index contributed by atoms with van der Waals surface area (Å²) < 4.78 is 18.5. The van der Waals surface area contributed by atoms with Gasteiger partial charge >= 0.3 is 0 Å². The van der Waals surface area contributed by atoms with Gasteiger partial charge in [-0.2, -0.15) is 0 Å². The van der Waals surface area contributed by atoms with E-state index in [9.17, 15) is 14.0 Å². The van der Waals surface area contributed by atoms with E-state index in [2.05, 4.69) is 5.32 Å². The predicted molar refractivity (Wildman–Crippen MR) is 99.8 cm³/mol. The van der Waals surface area contributed by atoms with Gasteiger partial charge in [0.25, 0.3) is 0 Å². The molecule has 27 heavy (non-hydrogen) atoms. The largest absolute Gasteiger partial charge is 0.497 e. The highest BCUT2D eigenvalue weighted by Gasteiger charge is 2.54. The lowest BCUT2D eigenvalue weighted by molar-refractivity contribution is 0.0818. The van der Waals surface area contributed by atoms with Gasteiger partial charge in [-0.15, -0.1) is 0 Å². The number of ether oxygens (including phenoxy) is 1. The molecule has 0 fully saturated rings. The summed E-state index contributed by atoms with van der Waals surface area (Å²) in [6.45, 7) is 0. The van der Waals surface area contributed by atoms with Crippen LogP contribution in [0.15, 0.2) is 72.8 Å². The van der Waals surface area contributed by atoms with Gasteiger partial charge in [-0.1, -0.05) is 36.4 Å². The highest BCUT2D eigenvalue weighted by Crippen LogP contribution is 2.40. The van der Waals surface area contributed by atoms with Crippen LogP contribution in [0.4, 0.5) is 10.1 Å². The molecule has 3 aromatic rings. The normalized spacial score (nSPS) is 14.7. The Bertz CT molecular complexity index is 991. The van der Waals surface area contributed by atoms with Crippen LogP contribution in [-0.4, -0.2) is 18.7 Å². The number of anilines is 1. The van der Waals surface area contributed by atoms with Crippen molar-refractivity contribution in [3.63, 3.8) is 0 Å². The van der Waals surface area contributed by atoms with E-state index in [1.807, 2.05) is 0 Å². The molecule has 1 aliphatic carbocycles. The van der Waals surface area contributed by atoms with Crippen LogP contribution in [0.3, 0.4) is 0 Å². The lowest BCUT2D eigenvalue weighted by atomic mass is 9.84. The molecule has 4 rings (SSSR count). The number of carbonyl (C=O) groups is 2. The van der Waals surface area contributed by atoms with Crippen LogP contribution in [0, 0.1) is 5.82 Å². The zero-order chi connectivity index (χ0) is 19.0. The maximum Gasteiger partial charge on any atom is 0.201 e. The van der Waals surface area contributed by atoms with Crippen molar-refractivity contribution >= 4 is 17.3 Å². The minimum atomic E-state index is -1.60. The maximum absolute atomic E-state index is 13.4. The van der Waals surface area contributed by atoms with Crippen LogP contribution in [0.2, 0.25) is 0 Å². The van der Waals surface area contributed by atoms with Crippen LogP contribution in [0.25, 0.3) is 0 Å². The summed E-state index contributed by atoms with van der Waals surface area (Å²) in [6, 6.07) is 19.1. The molecule has 0 saturated carbocycles. The lowest BCUT2D eigenvalue weighted by Gasteiger charge is -2.29. The number of nitrogens with one attached hydrogen (secondary N) is 1. The molecule has 0 saturated heterocycles. The maximum atomic E-state index is 13.4. The zero-order valence-corrected chi connectivity index (χ0v) is 14.5. The van der Waals surface area contributed by atoms with Crippen molar-refractivity contribution in [3.05, 3.63) is 95.3 Å². The Kier molecular flexibility index (Phi) is 4.00. The molecular weight excluding hydrogens is 345 g/mol. The summed E-state index contributed by atoms with van der Waals surface area (Å²) in [5.41, 5.74) is 0.106. The first-order valence-corrected chi connectivity index (χ1v) is 8.43. The molecule has 0 heterocycles. The van der Waals surface area contributed by atoms with Gasteiger partial charge in [0.05, 0.1) is 7.11 Å². The van der Waals surface area contributed by atoms with Crippen LogP contribution < -0.4 is 10.1 Å². The number of Topliss-reactive ketones (excluding diaryl/α,β-unsaturated/α-hetero) is 2. The third-order valence-electron chi connectivity index (χ3n) is 4.80. The molecule has 4 nitrogen and oxygen atoms in total. The Morgan fingerprint density at radius 3 is 1.89 bits per heavy atom. The fourth-order valence-electron chi connectivity index (χ4n) is 3.42. The molecule has 0 amide bonds. The van der Waals surface area contributed by atoms with Gasteiger partial charge in [0, 0.05) is 16.8 Å². The summed E-state index contributed by atoms with van der Waals surface area (Å²) in [5.74, 6) is -0.451. The Morgan fingerprint density at radius 1 is 0.815 bits per heavy atom. The average molecular weight is 361 g/mol. The number of benzene rings is 3. The number of methoxy groups -OCH3 is 1. The van der Waals surface area contributed by atoms with E-state index in [0.29, 0.717) is 28.1 Å². The van der Waals surface area contributed by atoms with Gasteiger partial charge in [-0.3, -0.25) is 9.59 Å². The molecule has 0 radical (unpaired) electrons. The zero-order valence-electron chi connectivity index (χ0n) is 14.5. The molecular formula is C22H16FNO3. The standard InChI is InChI=1S/C22H16FNO3/c1-27-17-12-6-14(7-13-17)22(24-16-10-8-15(23)9-11-16)20(25)18-4-2-3-5-19(18)21(22)26/h2-13,24H,1H3. The van der Waals surface area contributed by atoms with Crippen LogP contribution in [-0.2, 0) is 5.54 Å². The molecule has 0 unspecified atom stereocenters. The van der Waals surface area contributed by atoms with E-state index in [0.717, 1.165) is 0 Å². The topological polar surface area (TPSA) is 55.4 Å². The number of halogens is 1. The molecule has 134 valence electrons. The Labute approximate surface area is 155 Å². The van der Waals surface area contributed by atoms with Crippen molar-refractivity contribution in [1.29, 1.82) is 0 Å². The van der Waals surface area contributed by atoms with E-state index in [1.54, 1.807) is 55.6 Å². The Balaban J connectivity index is 1.89. The van der Waals surface area contributed by atoms with Crippen LogP contribution >= 0.6 is 0 Å². The van der Waals surface area contributed by atoms with E-state index in [-0.39, 0.29) is 11.6 Å². The number of ketones is 2. The molecule has 1 N–H and O–H groups in total. The van der Waals surface area contributed by atoms with Gasteiger partial charge in [-0.25, -0.2) is 4.39 Å². The second kappa shape index (κ2) is 6.36. The summed E-state index contributed by atoms with van der Waals surface area (Å²) in [7, 11) is 1.54. The Hall–Kier alpha value is -3.47. The highest BCUT2D eigenvalue weighted by atomic mass is 19.1. The smallest absolute Gasteiger partial charge is 0.201 e. The third kappa shape index (κ3) is 2.59. The molecule has 3 aromatic carbocycles. The summed E-state index contributed by atoms with van der Waals surface area (Å²) in [6.07, 6.45) is 0. The summed E-state index contributed by atoms with van der Waals surface area (Å²) in [4.78, 5) is 26.7. The number of rotatable bonds is 4. The minimum absolute atomic E-state index is 0.336. The first-order valence-electron chi connectivity index (χ1n) is 8.43. The highest BCUT2D eigenvalue weighted by molar-refractivity contribution is 6.34. The van der Waals surface area contributed by atoms with Crippen molar-refractivity contribution in [2.24, 2.45) is 0 Å². The molecule has 0 aliphatic heterocycles. The first-order chi connectivity index (χ1) is 13.1. The van der Waals surface area contributed by atoms with E-state index in [4.69, 9.17) is 4.74 Å². The number of hydrogen-bond acceptors (Lipinski definition) is 4. The van der Waals surface area contributed by atoms with Gasteiger partial charge in [0.15, 0.2) is 5.54 Å². The van der Waals surface area contributed by atoms with Crippen LogP contribution in [0.1, 0.15) is 26.3 Å². The number of fused-ring (bicyclic) bond motifs is 1. The summed E-state index contributed by atoms with van der Waals surface area (Å²) in [5, 5.41) is 3.08. The predicted octanol–water partition coefficient (Wildman–Crippen LogP) is 4.22. The number of carbonyl (C=O) groups excluding carboxylic acids is 2. The Morgan fingerprint density at radius 2 is 1.37 bits per heavy atom. The molecule has 1 aliphatic rings. The summed E-state index contributed by atoms with van der Waals surface area (Å²) >= 11 is 0. The monoisotopic (exact) mass is 361 g/mol. The third-order valence-corrected chi connectivity index (χ3v) is 4.80. The van der Waals surface area contributed by atoms with Crippen molar-refractivity contribution in [3.8, 4) is 5.75 Å². The van der Waals surface area contributed by atoms with Gasteiger partial charge in [0.2, 0.25) is 11.6 Å². The van der Waals surface area contributed by atoms with Crippen LogP contribution in [0.5, 0.6) is 5.75 Å². The number of hydrogen-bond donors (Lipinski definition) is 1.